The number of benzene rings is 2. The van der Waals surface area contributed by atoms with E-state index in [1.54, 1.807) is 17.8 Å². The minimum atomic E-state index is -3.65. The zero-order chi connectivity index (χ0) is 29.3. The molecule has 1 saturated heterocycles. The van der Waals surface area contributed by atoms with Crippen LogP contribution in [0, 0.1) is 0 Å². The molecule has 1 saturated carbocycles. The maximum absolute atomic E-state index is 13.1. The van der Waals surface area contributed by atoms with Crippen LogP contribution in [0.15, 0.2) is 40.9 Å². The number of halogens is 1. The van der Waals surface area contributed by atoms with Crippen molar-refractivity contribution in [3.63, 3.8) is 0 Å². The molecule has 0 spiro atoms. The van der Waals surface area contributed by atoms with Gasteiger partial charge in [-0.15, -0.1) is 0 Å². The Morgan fingerprint density at radius 3 is 2.56 bits per heavy atom. The van der Waals surface area contributed by atoms with E-state index in [-0.39, 0.29) is 30.3 Å². The molecule has 2 aliphatic rings. The van der Waals surface area contributed by atoms with Gasteiger partial charge in [0.25, 0.3) is 5.91 Å². The number of rotatable bonds is 10. The molecule has 1 aliphatic heterocycles. The summed E-state index contributed by atoms with van der Waals surface area (Å²) in [4.78, 5) is 27.7. The molecule has 1 aliphatic carbocycles. The predicted molar refractivity (Wildman–Crippen MR) is 161 cm³/mol. The molecule has 2 fully saturated rings. The summed E-state index contributed by atoms with van der Waals surface area (Å²) in [5.41, 5.74) is 3.07. The summed E-state index contributed by atoms with van der Waals surface area (Å²) in [6.07, 6.45) is 3.50. The van der Waals surface area contributed by atoms with Crippen LogP contribution in [0.4, 0.5) is 5.69 Å². The molecule has 2 amide bonds. The van der Waals surface area contributed by atoms with Gasteiger partial charge in [-0.1, -0.05) is 15.9 Å². The summed E-state index contributed by atoms with van der Waals surface area (Å²) in [6.45, 7) is 2.15. The first-order chi connectivity index (χ1) is 19.6. The van der Waals surface area contributed by atoms with Crippen molar-refractivity contribution < 1.29 is 22.7 Å². The lowest BCUT2D eigenvalue weighted by Crippen LogP contribution is -2.52. The third-order valence-corrected chi connectivity index (χ3v) is 9.26. The first-order valence-corrected chi connectivity index (χ1v) is 16.3. The smallest absolute Gasteiger partial charge is 0.270 e. The summed E-state index contributed by atoms with van der Waals surface area (Å²) in [6, 6.07) is 10.8. The van der Waals surface area contributed by atoms with E-state index in [0.29, 0.717) is 60.7 Å². The van der Waals surface area contributed by atoms with Crippen LogP contribution in [0.3, 0.4) is 0 Å². The molecule has 13 heteroatoms. The summed E-state index contributed by atoms with van der Waals surface area (Å²) >= 11 is 3.44. The number of nitrogens with one attached hydrogen (secondary N) is 2. The van der Waals surface area contributed by atoms with E-state index >= 15 is 0 Å². The molecule has 1 atom stereocenters. The highest BCUT2D eigenvalue weighted by Gasteiger charge is 2.33. The van der Waals surface area contributed by atoms with E-state index < -0.39 is 10.0 Å². The van der Waals surface area contributed by atoms with Gasteiger partial charge in [-0.25, -0.2) is 13.1 Å². The Labute approximate surface area is 248 Å². The Morgan fingerprint density at radius 2 is 1.93 bits per heavy atom. The number of likely N-dealkylation sites (N-methyl/N-ethyl adjacent to an activating group) is 1. The second-order valence-corrected chi connectivity index (χ2v) is 13.4. The SMILES string of the molecule is CNC(=O)c1c2cc(C3CC3)c(N(CCCNC(=O)C3COCCN3C)S(C)(=O)=O)cc2nn1-c1ccc(Br)cc1. The lowest BCUT2D eigenvalue weighted by molar-refractivity contribution is -0.131. The van der Waals surface area contributed by atoms with Crippen molar-refractivity contribution >= 4 is 54.4 Å². The minimum absolute atomic E-state index is 0.126. The maximum Gasteiger partial charge on any atom is 0.270 e. The van der Waals surface area contributed by atoms with Crippen molar-refractivity contribution in [3.05, 3.63) is 52.1 Å². The van der Waals surface area contributed by atoms with Crippen LogP contribution in [-0.2, 0) is 19.6 Å². The molecular formula is C28H35BrN6O5S. The fourth-order valence-corrected chi connectivity index (χ4v) is 6.40. The topological polar surface area (TPSA) is 126 Å². The molecule has 11 nitrogen and oxygen atoms in total. The number of hydrogen-bond donors (Lipinski definition) is 2. The first-order valence-electron chi connectivity index (χ1n) is 13.7. The van der Waals surface area contributed by atoms with Gasteiger partial charge in [0.1, 0.15) is 11.7 Å². The van der Waals surface area contributed by atoms with E-state index in [1.165, 1.54) is 10.6 Å². The van der Waals surface area contributed by atoms with Crippen molar-refractivity contribution in [3.8, 4) is 5.69 Å². The van der Waals surface area contributed by atoms with Gasteiger partial charge >= 0.3 is 0 Å². The van der Waals surface area contributed by atoms with Gasteiger partial charge in [-0.2, -0.15) is 5.10 Å². The fraction of sp³-hybridized carbons (Fsp3) is 0.464. The zero-order valence-corrected chi connectivity index (χ0v) is 25.8. The summed E-state index contributed by atoms with van der Waals surface area (Å²) in [7, 11) is -0.186. The van der Waals surface area contributed by atoms with Gasteiger partial charge < -0.3 is 15.4 Å². The molecule has 1 unspecified atom stereocenters. The van der Waals surface area contributed by atoms with E-state index in [0.717, 1.165) is 22.9 Å². The van der Waals surface area contributed by atoms with Crippen molar-refractivity contribution in [2.75, 3.05) is 57.5 Å². The number of morpholine rings is 1. The minimum Gasteiger partial charge on any atom is -0.378 e. The Balaban J connectivity index is 1.46. The highest BCUT2D eigenvalue weighted by molar-refractivity contribution is 9.10. The molecule has 3 aromatic rings. The van der Waals surface area contributed by atoms with Crippen LogP contribution in [0.2, 0.25) is 0 Å². The molecular weight excluding hydrogens is 612 g/mol. The normalized spacial score (nSPS) is 17.9. The largest absolute Gasteiger partial charge is 0.378 e. The van der Waals surface area contributed by atoms with Crippen molar-refractivity contribution in [1.82, 2.24) is 25.3 Å². The number of hydrogen-bond acceptors (Lipinski definition) is 7. The van der Waals surface area contributed by atoms with Crippen LogP contribution in [0.25, 0.3) is 16.6 Å². The predicted octanol–water partition coefficient (Wildman–Crippen LogP) is 2.63. The van der Waals surface area contributed by atoms with Gasteiger partial charge in [0.05, 0.1) is 36.4 Å². The van der Waals surface area contributed by atoms with Crippen molar-refractivity contribution in [1.29, 1.82) is 0 Å². The van der Waals surface area contributed by atoms with Crippen LogP contribution >= 0.6 is 15.9 Å². The average Bonchev–Trinajstić information content (AvgIpc) is 3.72. The molecule has 1 aromatic heterocycles. The molecule has 0 bridgehead atoms. The summed E-state index contributed by atoms with van der Waals surface area (Å²) < 4.78 is 35.5. The van der Waals surface area contributed by atoms with Crippen molar-refractivity contribution in [2.45, 2.75) is 31.2 Å². The fourth-order valence-electron chi connectivity index (χ4n) is 5.16. The van der Waals surface area contributed by atoms with Crippen LogP contribution in [0.1, 0.15) is 41.2 Å². The Bertz CT molecular complexity index is 1550. The highest BCUT2D eigenvalue weighted by Crippen LogP contribution is 2.46. The van der Waals surface area contributed by atoms with Crippen LogP contribution in [0.5, 0.6) is 0 Å². The van der Waals surface area contributed by atoms with Gasteiger partial charge in [0.2, 0.25) is 15.9 Å². The number of carbonyl (C=O) groups excluding carboxylic acids is 2. The molecule has 2 N–H and O–H groups in total. The van der Waals surface area contributed by atoms with Gasteiger partial charge in [-0.3, -0.25) is 18.8 Å². The first kappa shape index (κ1) is 29.5. The van der Waals surface area contributed by atoms with Gasteiger partial charge in [0, 0.05) is 36.5 Å². The Kier molecular flexibility index (Phi) is 8.69. The van der Waals surface area contributed by atoms with Crippen LogP contribution in [-0.4, -0.2) is 94.2 Å². The molecule has 41 heavy (non-hydrogen) atoms. The van der Waals surface area contributed by atoms with Crippen LogP contribution < -0.4 is 14.9 Å². The number of nitrogens with zero attached hydrogens (tertiary/aromatic N) is 4. The van der Waals surface area contributed by atoms with E-state index in [9.17, 15) is 18.0 Å². The monoisotopic (exact) mass is 646 g/mol. The molecule has 5 rings (SSSR count). The molecule has 2 heterocycles. The Hall–Kier alpha value is -3.00. The van der Waals surface area contributed by atoms with E-state index in [1.807, 2.05) is 42.3 Å². The summed E-state index contributed by atoms with van der Waals surface area (Å²) in [5, 5.41) is 11.1. The maximum atomic E-state index is 13.1. The van der Waals surface area contributed by atoms with Crippen molar-refractivity contribution in [2.24, 2.45) is 0 Å². The number of carbonyl (C=O) groups is 2. The zero-order valence-electron chi connectivity index (χ0n) is 23.4. The number of fused-ring (bicyclic) bond motifs is 1. The molecule has 2 aromatic carbocycles. The number of anilines is 1. The second kappa shape index (κ2) is 12.1. The second-order valence-electron chi connectivity index (χ2n) is 10.6. The Morgan fingerprint density at radius 1 is 1.20 bits per heavy atom. The number of aromatic nitrogens is 2. The van der Waals surface area contributed by atoms with E-state index in [4.69, 9.17) is 9.84 Å². The third-order valence-electron chi connectivity index (χ3n) is 7.56. The summed E-state index contributed by atoms with van der Waals surface area (Å²) in [5.74, 6) is -0.207. The number of amides is 2. The standard InChI is InChI=1S/C28H35BrN6O5S/c1-30-28(37)26-22-15-21(18-5-6-18)24(16-23(22)32-35(26)20-9-7-19(29)8-10-20)34(41(3,38)39)12-4-11-31-27(36)25-17-40-14-13-33(25)2/h7-10,15-16,18,25H,4-6,11-14,17H2,1-3H3,(H,30,37)(H,31,36). The molecule has 220 valence electrons. The molecule has 0 radical (unpaired) electrons. The lowest BCUT2D eigenvalue weighted by atomic mass is 10.0. The highest BCUT2D eigenvalue weighted by atomic mass is 79.9. The van der Waals surface area contributed by atoms with Gasteiger partial charge in [-0.05, 0) is 74.2 Å². The van der Waals surface area contributed by atoms with E-state index in [2.05, 4.69) is 26.6 Å². The van der Waals surface area contributed by atoms with Gasteiger partial charge in [0.15, 0.2) is 0 Å². The number of sulfonamides is 1. The third kappa shape index (κ3) is 6.42. The quantitative estimate of drug-likeness (QED) is 0.324. The average molecular weight is 648 g/mol. The lowest BCUT2D eigenvalue weighted by Gasteiger charge is -2.31. The number of ether oxygens (including phenoxy) is 1.